The molecule has 6 heteroatoms. The average molecular weight is 386 g/mol. The van der Waals surface area contributed by atoms with Crippen LogP contribution in [0.15, 0.2) is 66.7 Å². The molecule has 5 rings (SSSR count). The van der Waals surface area contributed by atoms with E-state index in [1.165, 1.54) is 14.2 Å². The summed E-state index contributed by atoms with van der Waals surface area (Å²) in [6.07, 6.45) is 0. The number of aromatic nitrogens is 2. The summed E-state index contributed by atoms with van der Waals surface area (Å²) < 4.78 is 12.4. The van der Waals surface area contributed by atoms with Crippen LogP contribution < -0.4 is 9.47 Å². The first kappa shape index (κ1) is 17.5. The van der Waals surface area contributed by atoms with Crippen LogP contribution in [0.25, 0.3) is 22.4 Å². The summed E-state index contributed by atoms with van der Waals surface area (Å²) >= 11 is 0. The molecule has 3 aromatic carbocycles. The second-order valence-corrected chi connectivity index (χ2v) is 6.88. The SMILES string of the molecule is COc1cc2c(cc1OC)-c1nc3ccccc3n1C(O)(c1ccccc1)C2=O. The number of ketones is 1. The Hall–Kier alpha value is -3.64. The van der Waals surface area contributed by atoms with Crippen molar-refractivity contribution in [2.75, 3.05) is 14.2 Å². The number of Topliss-reactive ketones (excluding diaryl/α,β-unsaturated/α-hetero) is 1. The van der Waals surface area contributed by atoms with Crippen LogP contribution in [0.5, 0.6) is 11.5 Å². The molecule has 0 amide bonds. The van der Waals surface area contributed by atoms with E-state index in [0.29, 0.717) is 45.0 Å². The fraction of sp³-hybridized carbons (Fsp3) is 0.130. The lowest BCUT2D eigenvalue weighted by molar-refractivity contribution is 0.0144. The molecule has 1 aromatic heterocycles. The first-order valence-corrected chi connectivity index (χ1v) is 9.16. The van der Waals surface area contributed by atoms with Gasteiger partial charge >= 0.3 is 0 Å². The molecule has 144 valence electrons. The summed E-state index contributed by atoms with van der Waals surface area (Å²) in [6, 6.07) is 19.7. The number of benzene rings is 3. The number of rotatable bonds is 3. The number of hydrogen-bond acceptors (Lipinski definition) is 5. The number of imidazole rings is 1. The molecule has 1 N–H and O–H groups in total. The van der Waals surface area contributed by atoms with E-state index in [2.05, 4.69) is 0 Å². The van der Waals surface area contributed by atoms with Crippen LogP contribution in [0, 0.1) is 0 Å². The van der Waals surface area contributed by atoms with Gasteiger partial charge in [-0.3, -0.25) is 9.36 Å². The molecule has 29 heavy (non-hydrogen) atoms. The van der Waals surface area contributed by atoms with Gasteiger partial charge in [0.1, 0.15) is 5.82 Å². The van der Waals surface area contributed by atoms with Gasteiger partial charge in [0.05, 0.1) is 25.3 Å². The Balaban J connectivity index is 1.93. The number of para-hydroxylation sites is 2. The molecule has 0 bridgehead atoms. The van der Waals surface area contributed by atoms with Crippen molar-refractivity contribution in [2.45, 2.75) is 5.72 Å². The van der Waals surface area contributed by atoms with Crippen molar-refractivity contribution in [1.29, 1.82) is 0 Å². The molecule has 0 saturated carbocycles. The van der Waals surface area contributed by atoms with Crippen molar-refractivity contribution in [3.05, 3.63) is 77.9 Å². The zero-order chi connectivity index (χ0) is 20.2. The second-order valence-electron chi connectivity index (χ2n) is 6.88. The van der Waals surface area contributed by atoms with Gasteiger partial charge in [-0.2, -0.15) is 0 Å². The van der Waals surface area contributed by atoms with Gasteiger partial charge in [-0.05, 0) is 24.3 Å². The zero-order valence-electron chi connectivity index (χ0n) is 15.9. The summed E-state index contributed by atoms with van der Waals surface area (Å²) in [5, 5.41) is 11.9. The highest BCUT2D eigenvalue weighted by molar-refractivity contribution is 6.11. The van der Waals surface area contributed by atoms with Crippen LogP contribution in [0.3, 0.4) is 0 Å². The standard InChI is InChI=1S/C23H18N2O4/c1-28-19-12-15-16(13-20(19)29-2)22-24-17-10-6-7-11-18(17)25(22)23(27,21(15)26)14-8-4-3-5-9-14/h3-13,27H,1-2H3. The van der Waals surface area contributed by atoms with Gasteiger partial charge in [-0.15, -0.1) is 0 Å². The van der Waals surface area contributed by atoms with E-state index in [1.807, 2.05) is 30.3 Å². The maximum absolute atomic E-state index is 13.7. The predicted octanol–water partition coefficient (Wildman–Crippen LogP) is 3.61. The topological polar surface area (TPSA) is 73.6 Å². The molecule has 1 aliphatic heterocycles. The van der Waals surface area contributed by atoms with Crippen molar-refractivity contribution in [2.24, 2.45) is 0 Å². The highest BCUT2D eigenvalue weighted by Crippen LogP contribution is 2.45. The van der Waals surface area contributed by atoms with Gasteiger partial charge in [0, 0.05) is 16.7 Å². The highest BCUT2D eigenvalue weighted by Gasteiger charge is 2.48. The number of aliphatic hydroxyl groups is 1. The maximum atomic E-state index is 13.7. The lowest BCUT2D eigenvalue weighted by Gasteiger charge is -2.35. The van der Waals surface area contributed by atoms with Crippen LogP contribution in [0.2, 0.25) is 0 Å². The third-order valence-electron chi connectivity index (χ3n) is 5.39. The summed E-state index contributed by atoms with van der Waals surface area (Å²) in [4.78, 5) is 18.5. The van der Waals surface area contributed by atoms with E-state index in [-0.39, 0.29) is 0 Å². The highest BCUT2D eigenvalue weighted by atomic mass is 16.5. The van der Waals surface area contributed by atoms with E-state index in [1.54, 1.807) is 41.0 Å². The smallest absolute Gasteiger partial charge is 0.235 e. The summed E-state index contributed by atoms with van der Waals surface area (Å²) in [5.41, 5.74) is 0.810. The zero-order valence-corrected chi connectivity index (χ0v) is 15.9. The quantitative estimate of drug-likeness (QED) is 0.582. The maximum Gasteiger partial charge on any atom is 0.235 e. The third-order valence-corrected chi connectivity index (χ3v) is 5.39. The van der Waals surface area contributed by atoms with Gasteiger partial charge < -0.3 is 14.6 Å². The van der Waals surface area contributed by atoms with Crippen LogP contribution in [-0.4, -0.2) is 34.7 Å². The van der Waals surface area contributed by atoms with Gasteiger partial charge in [0.15, 0.2) is 11.5 Å². The number of nitrogens with zero attached hydrogens (tertiary/aromatic N) is 2. The normalized spacial score (nSPS) is 17.7. The van der Waals surface area contributed by atoms with Crippen LogP contribution in [-0.2, 0) is 5.72 Å². The minimum absolute atomic E-state index is 0.330. The Kier molecular flexibility index (Phi) is 3.72. The van der Waals surface area contributed by atoms with Crippen LogP contribution in [0.1, 0.15) is 15.9 Å². The Bertz CT molecular complexity index is 1260. The van der Waals surface area contributed by atoms with Crippen LogP contribution >= 0.6 is 0 Å². The fourth-order valence-electron chi connectivity index (χ4n) is 4.01. The summed E-state index contributed by atoms with van der Waals surface area (Å²) in [6.45, 7) is 0. The number of methoxy groups -OCH3 is 2. The molecule has 0 fully saturated rings. The fourth-order valence-corrected chi connectivity index (χ4v) is 4.01. The monoisotopic (exact) mass is 386 g/mol. The molecule has 1 aliphatic rings. The second kappa shape index (κ2) is 6.18. The molecule has 0 spiro atoms. The van der Waals surface area contributed by atoms with E-state index in [0.717, 1.165) is 0 Å². The molecule has 0 aliphatic carbocycles. The number of carbonyl (C=O) groups is 1. The molecule has 6 nitrogen and oxygen atoms in total. The summed E-state index contributed by atoms with van der Waals surface area (Å²) in [7, 11) is 3.05. The molecule has 0 saturated heterocycles. The molecular formula is C23H18N2O4. The molecule has 2 heterocycles. The average Bonchev–Trinajstić information content (AvgIpc) is 3.17. The molecular weight excluding hydrogens is 368 g/mol. The van der Waals surface area contributed by atoms with Gasteiger partial charge in [-0.1, -0.05) is 42.5 Å². The van der Waals surface area contributed by atoms with E-state index in [4.69, 9.17) is 14.5 Å². The van der Waals surface area contributed by atoms with E-state index in [9.17, 15) is 9.90 Å². The van der Waals surface area contributed by atoms with Crippen molar-refractivity contribution in [3.63, 3.8) is 0 Å². The largest absolute Gasteiger partial charge is 0.493 e. The number of carbonyl (C=O) groups excluding carboxylic acids is 1. The van der Waals surface area contributed by atoms with Crippen molar-refractivity contribution in [1.82, 2.24) is 9.55 Å². The van der Waals surface area contributed by atoms with Gasteiger partial charge in [0.25, 0.3) is 0 Å². The molecule has 4 aromatic rings. The lowest BCUT2D eigenvalue weighted by Crippen LogP contribution is -2.46. The number of hydrogen-bond donors (Lipinski definition) is 1. The van der Waals surface area contributed by atoms with Gasteiger partial charge in [-0.25, -0.2) is 4.98 Å². The van der Waals surface area contributed by atoms with Crippen molar-refractivity contribution >= 4 is 16.8 Å². The minimum atomic E-state index is -1.93. The van der Waals surface area contributed by atoms with E-state index < -0.39 is 11.5 Å². The Labute approximate surface area is 167 Å². The summed E-state index contributed by atoms with van der Waals surface area (Å²) in [5.74, 6) is 0.950. The molecule has 0 radical (unpaired) electrons. The molecule has 1 atom stereocenters. The van der Waals surface area contributed by atoms with Crippen molar-refractivity contribution < 1.29 is 19.4 Å². The number of fused-ring (bicyclic) bond motifs is 5. The van der Waals surface area contributed by atoms with Crippen molar-refractivity contribution in [3.8, 4) is 22.9 Å². The first-order valence-electron chi connectivity index (χ1n) is 9.16. The Morgan fingerprint density at radius 1 is 0.897 bits per heavy atom. The Morgan fingerprint density at radius 3 is 2.21 bits per heavy atom. The first-order chi connectivity index (χ1) is 14.1. The number of ether oxygens (including phenoxy) is 2. The Morgan fingerprint density at radius 2 is 1.52 bits per heavy atom. The molecule has 1 unspecified atom stereocenters. The minimum Gasteiger partial charge on any atom is -0.493 e. The predicted molar refractivity (Wildman–Crippen MR) is 108 cm³/mol. The third kappa shape index (κ3) is 2.26. The van der Waals surface area contributed by atoms with Crippen LogP contribution in [0.4, 0.5) is 0 Å². The van der Waals surface area contributed by atoms with Gasteiger partial charge in [0.2, 0.25) is 11.5 Å². The van der Waals surface area contributed by atoms with E-state index >= 15 is 0 Å². The lowest BCUT2D eigenvalue weighted by atomic mass is 9.86.